The Hall–Kier alpha value is -5.00. The average molecular weight is 570 g/mol. The Balaban J connectivity index is 1.42. The molecule has 4 aliphatic rings. The molecule has 1 amide bonds. The van der Waals surface area contributed by atoms with Crippen LogP contribution < -0.4 is 15.1 Å². The first-order valence-corrected chi connectivity index (χ1v) is 14.6. The van der Waals surface area contributed by atoms with Crippen molar-refractivity contribution in [2.75, 3.05) is 22.9 Å². The minimum atomic E-state index is -0.498. The molecule has 5 aromatic rings. The summed E-state index contributed by atoms with van der Waals surface area (Å²) in [5.41, 5.74) is 3.91. The number of phenols is 1. The van der Waals surface area contributed by atoms with Crippen molar-refractivity contribution in [3.8, 4) is 22.9 Å². The second kappa shape index (κ2) is 9.79. The number of pyridine rings is 1. The van der Waals surface area contributed by atoms with Crippen LogP contribution in [0, 0.1) is 23.1 Å². The maximum atomic E-state index is 17.0. The first-order valence-electron chi connectivity index (χ1n) is 14.6. The lowest BCUT2D eigenvalue weighted by molar-refractivity contribution is -0.117. The fourth-order valence-corrected chi connectivity index (χ4v) is 7.43. The number of nitrogens with one attached hydrogen (secondary N) is 1. The van der Waals surface area contributed by atoms with E-state index in [2.05, 4.69) is 21.3 Å². The number of rotatable bonds is 5. The first-order chi connectivity index (χ1) is 21.0. The smallest absolute Gasteiger partial charge is 0.251 e. The molecule has 4 heterocycles. The molecule has 2 bridgehead atoms. The lowest BCUT2D eigenvalue weighted by Crippen LogP contribution is -2.59. The molecule has 1 aromatic heterocycles. The summed E-state index contributed by atoms with van der Waals surface area (Å²) >= 11 is 0. The molecular weight excluding hydrogens is 541 g/mol. The monoisotopic (exact) mass is 569 g/mol. The van der Waals surface area contributed by atoms with Gasteiger partial charge in [-0.1, -0.05) is 42.5 Å². The van der Waals surface area contributed by atoms with Crippen molar-refractivity contribution in [2.45, 2.75) is 31.3 Å². The number of aryl methyl sites for hydroxylation is 1. The van der Waals surface area contributed by atoms with Crippen LogP contribution in [0.4, 0.5) is 21.5 Å². The van der Waals surface area contributed by atoms with Crippen molar-refractivity contribution in [3.05, 3.63) is 90.4 Å². The highest BCUT2D eigenvalue weighted by Crippen LogP contribution is 2.50. The number of anilines is 3. The number of phenolic OH excluding ortho intramolecular Hbond substituents is 1. The SMILES string of the molecule is N#CCCc1cc2c3c(cnc2c(F)c1-c1cc(O)cc2ccccc12)N(c1ccccc1)C(=O)CN3C1C2CNC1C2. The van der Waals surface area contributed by atoms with Crippen LogP contribution in [-0.2, 0) is 11.2 Å². The van der Waals surface area contributed by atoms with E-state index in [0.29, 0.717) is 40.1 Å². The molecule has 9 rings (SSSR count). The van der Waals surface area contributed by atoms with E-state index in [1.165, 1.54) is 0 Å². The van der Waals surface area contributed by atoms with Crippen molar-refractivity contribution in [3.63, 3.8) is 0 Å². The Labute approximate surface area is 247 Å². The van der Waals surface area contributed by atoms with Gasteiger partial charge in [-0.3, -0.25) is 14.7 Å². The highest BCUT2D eigenvalue weighted by molar-refractivity contribution is 6.14. The lowest BCUT2D eigenvalue weighted by Gasteiger charge is -2.48. The van der Waals surface area contributed by atoms with Crippen LogP contribution in [0.15, 0.2) is 79.0 Å². The van der Waals surface area contributed by atoms with Gasteiger partial charge >= 0.3 is 0 Å². The lowest BCUT2D eigenvalue weighted by atomic mass is 9.78. The second-order valence-electron chi connectivity index (χ2n) is 11.7. The van der Waals surface area contributed by atoms with Crippen LogP contribution >= 0.6 is 0 Å². The zero-order valence-electron chi connectivity index (χ0n) is 23.3. The molecule has 3 fully saturated rings. The number of carbonyl (C=O) groups excluding carboxylic acids is 1. The molecule has 4 aromatic carbocycles. The molecule has 3 aliphatic heterocycles. The number of nitrogens with zero attached hydrogens (tertiary/aromatic N) is 4. The van der Waals surface area contributed by atoms with Crippen LogP contribution in [-0.4, -0.2) is 41.2 Å². The summed E-state index contributed by atoms with van der Waals surface area (Å²) in [5, 5.41) is 25.9. The summed E-state index contributed by atoms with van der Waals surface area (Å²) in [4.78, 5) is 22.3. The van der Waals surface area contributed by atoms with Gasteiger partial charge in [-0.25, -0.2) is 4.39 Å². The number of benzene rings is 4. The predicted molar refractivity (Wildman–Crippen MR) is 165 cm³/mol. The summed E-state index contributed by atoms with van der Waals surface area (Å²) in [6, 6.07) is 24.9. The van der Waals surface area contributed by atoms with Gasteiger partial charge in [0.1, 0.15) is 11.3 Å². The summed E-state index contributed by atoms with van der Waals surface area (Å²) in [5.74, 6) is -0.104. The molecule has 2 N–H and O–H groups in total. The topological polar surface area (TPSA) is 92.5 Å². The van der Waals surface area contributed by atoms with E-state index in [4.69, 9.17) is 0 Å². The molecule has 1 saturated carbocycles. The van der Waals surface area contributed by atoms with Crippen LogP contribution in [0.25, 0.3) is 32.8 Å². The zero-order chi connectivity index (χ0) is 29.2. The third kappa shape index (κ3) is 3.89. The summed E-state index contributed by atoms with van der Waals surface area (Å²) < 4.78 is 17.0. The van der Waals surface area contributed by atoms with Gasteiger partial charge < -0.3 is 15.3 Å². The number of aromatic hydroxyl groups is 1. The van der Waals surface area contributed by atoms with E-state index >= 15 is 4.39 Å². The van der Waals surface area contributed by atoms with E-state index in [9.17, 15) is 15.2 Å². The first kappa shape index (κ1) is 25.7. The van der Waals surface area contributed by atoms with E-state index < -0.39 is 5.82 Å². The van der Waals surface area contributed by atoms with Gasteiger partial charge in [0.25, 0.3) is 5.91 Å². The van der Waals surface area contributed by atoms with Crippen molar-refractivity contribution >= 4 is 44.6 Å². The minimum Gasteiger partial charge on any atom is -0.508 e. The summed E-state index contributed by atoms with van der Waals surface area (Å²) in [6.45, 7) is 1.08. The number of hydrogen-bond donors (Lipinski definition) is 2. The van der Waals surface area contributed by atoms with Gasteiger partial charge in [-0.05, 0) is 71.0 Å². The van der Waals surface area contributed by atoms with E-state index in [1.807, 2.05) is 60.7 Å². The van der Waals surface area contributed by atoms with Gasteiger partial charge in [-0.2, -0.15) is 5.26 Å². The Bertz CT molecular complexity index is 1970. The van der Waals surface area contributed by atoms with Crippen molar-refractivity contribution in [1.82, 2.24) is 10.3 Å². The highest BCUT2D eigenvalue weighted by atomic mass is 19.1. The van der Waals surface area contributed by atoms with Crippen molar-refractivity contribution in [2.24, 2.45) is 5.92 Å². The standard InChI is InChI=1S/C35H28FN5O2/c36-32-31(26-16-24(42)13-20-7-4-5-11-25(20)26)21(8-6-12-37)14-27-33(32)39-18-29-35(27)40(34-22-15-28(34)38-17-22)19-30(43)41(29)23-9-2-1-3-10-23/h1-5,7,9-11,13-14,16,18,22,28,34,38,42H,6,8,15,17,19H2. The van der Waals surface area contributed by atoms with Gasteiger partial charge in [0.2, 0.25) is 0 Å². The minimum absolute atomic E-state index is 0.0361. The molecule has 1 aliphatic carbocycles. The van der Waals surface area contributed by atoms with Gasteiger partial charge in [0.05, 0.1) is 30.2 Å². The third-order valence-corrected chi connectivity index (χ3v) is 9.31. The Kier molecular flexibility index (Phi) is 5.85. The summed E-state index contributed by atoms with van der Waals surface area (Å²) in [7, 11) is 0. The van der Waals surface area contributed by atoms with Crippen LogP contribution in [0.1, 0.15) is 18.4 Å². The second-order valence-corrected chi connectivity index (χ2v) is 11.7. The van der Waals surface area contributed by atoms with Crippen molar-refractivity contribution in [1.29, 1.82) is 5.26 Å². The van der Waals surface area contributed by atoms with E-state index in [1.54, 1.807) is 23.2 Å². The Morgan fingerprint density at radius 1 is 1.07 bits per heavy atom. The number of nitriles is 1. The number of fused-ring (bicyclic) bond motifs is 5. The molecule has 8 heteroatoms. The fourth-order valence-electron chi connectivity index (χ4n) is 7.43. The van der Waals surface area contributed by atoms with Crippen LogP contribution in [0.3, 0.4) is 0 Å². The average Bonchev–Trinajstić information content (AvgIpc) is 3.66. The Morgan fingerprint density at radius 3 is 2.65 bits per heavy atom. The van der Waals surface area contributed by atoms with Crippen molar-refractivity contribution < 1.29 is 14.3 Å². The van der Waals surface area contributed by atoms with Gasteiger partial charge in [0, 0.05) is 41.7 Å². The third-order valence-electron chi connectivity index (χ3n) is 9.31. The predicted octanol–water partition coefficient (Wildman–Crippen LogP) is 6.20. The number of hydrogen-bond acceptors (Lipinski definition) is 6. The molecule has 0 spiro atoms. The normalized spacial score (nSPS) is 20.7. The van der Waals surface area contributed by atoms with E-state index in [0.717, 1.165) is 35.1 Å². The highest BCUT2D eigenvalue weighted by Gasteiger charge is 2.52. The van der Waals surface area contributed by atoms with Gasteiger partial charge in [-0.15, -0.1) is 0 Å². The summed E-state index contributed by atoms with van der Waals surface area (Å²) in [6.07, 6.45) is 3.20. The number of para-hydroxylation sites is 1. The van der Waals surface area contributed by atoms with Gasteiger partial charge in [0.15, 0.2) is 5.82 Å². The molecule has 212 valence electrons. The largest absolute Gasteiger partial charge is 0.508 e. The fraction of sp³-hybridized carbons (Fsp3) is 0.229. The number of carbonyl (C=O) groups is 1. The Morgan fingerprint density at radius 2 is 1.88 bits per heavy atom. The quantitative estimate of drug-likeness (QED) is 0.262. The zero-order valence-corrected chi connectivity index (χ0v) is 23.3. The molecule has 2 saturated heterocycles. The molecule has 0 radical (unpaired) electrons. The van der Waals surface area contributed by atoms with Crippen LogP contribution in [0.2, 0.25) is 0 Å². The number of aromatic nitrogens is 1. The number of halogens is 1. The maximum Gasteiger partial charge on any atom is 0.251 e. The molecule has 43 heavy (non-hydrogen) atoms. The maximum absolute atomic E-state index is 17.0. The van der Waals surface area contributed by atoms with E-state index in [-0.39, 0.29) is 42.2 Å². The van der Waals surface area contributed by atoms with Crippen LogP contribution in [0.5, 0.6) is 5.75 Å². The number of amides is 1. The molecule has 3 atom stereocenters. The molecule has 3 unspecified atom stereocenters. The molecular formula is C35H28FN5O2. The molecule has 7 nitrogen and oxygen atoms in total.